The summed E-state index contributed by atoms with van der Waals surface area (Å²) in [6, 6.07) is 18.0. The highest BCUT2D eigenvalue weighted by atomic mass is 32.2. The Morgan fingerprint density at radius 1 is 0.968 bits per heavy atom. The van der Waals surface area contributed by atoms with Gasteiger partial charge in [0.1, 0.15) is 0 Å². The molecule has 3 rings (SSSR count). The molecule has 3 heteroatoms. The van der Waals surface area contributed by atoms with Crippen LogP contribution in [0.25, 0.3) is 4.91 Å². The quantitative estimate of drug-likeness (QED) is 0.340. The average molecular weight is 469 g/mol. The Hall–Kier alpha value is -1.03. The summed E-state index contributed by atoms with van der Waals surface area (Å²) in [5.41, 5.74) is 4.40. The molecule has 31 heavy (non-hydrogen) atoms. The van der Waals surface area contributed by atoms with Crippen LogP contribution in [-0.4, -0.2) is 0 Å². The van der Waals surface area contributed by atoms with Crippen molar-refractivity contribution in [2.24, 2.45) is 11.8 Å². The first-order chi connectivity index (χ1) is 14.9. The van der Waals surface area contributed by atoms with Crippen LogP contribution in [0, 0.1) is 11.8 Å². The van der Waals surface area contributed by atoms with Crippen molar-refractivity contribution in [1.82, 2.24) is 0 Å². The second kappa shape index (κ2) is 11.7. The van der Waals surface area contributed by atoms with Gasteiger partial charge in [0.05, 0.1) is 4.24 Å². The summed E-state index contributed by atoms with van der Waals surface area (Å²) in [6.07, 6.45) is 4.89. The van der Waals surface area contributed by atoms with Crippen molar-refractivity contribution in [3.8, 4) is 0 Å². The van der Waals surface area contributed by atoms with Crippen LogP contribution in [0.5, 0.6) is 0 Å². The molecule has 166 valence electrons. The SMILES string of the molecule is C=C1SC(Sc2ccccc2)=C(c2cc(C(C)C(C)CC)ccc2CCCC(C)C)S1. The average Bonchev–Trinajstić information content (AvgIpc) is 3.13. The van der Waals surface area contributed by atoms with Crippen molar-refractivity contribution in [3.05, 3.63) is 80.3 Å². The molecular weight excluding hydrogens is 433 g/mol. The Labute approximate surface area is 202 Å². The van der Waals surface area contributed by atoms with E-state index in [-0.39, 0.29) is 0 Å². The summed E-state index contributed by atoms with van der Waals surface area (Å²) in [6.45, 7) is 16.0. The zero-order valence-electron chi connectivity index (χ0n) is 19.6. The molecule has 0 saturated heterocycles. The predicted octanol–water partition coefficient (Wildman–Crippen LogP) is 10.2. The Kier molecular flexibility index (Phi) is 9.31. The van der Waals surface area contributed by atoms with Crippen LogP contribution in [0.15, 0.2) is 68.5 Å². The van der Waals surface area contributed by atoms with Crippen LogP contribution in [0.3, 0.4) is 0 Å². The minimum atomic E-state index is 0.571. The molecule has 0 aliphatic carbocycles. The minimum Gasteiger partial charge on any atom is -0.0815 e. The maximum absolute atomic E-state index is 4.31. The van der Waals surface area contributed by atoms with Gasteiger partial charge in [0.25, 0.3) is 0 Å². The molecular formula is C28H36S3. The molecule has 0 amide bonds. The number of benzene rings is 2. The van der Waals surface area contributed by atoms with E-state index >= 15 is 0 Å². The van der Waals surface area contributed by atoms with Gasteiger partial charge in [0.2, 0.25) is 0 Å². The van der Waals surface area contributed by atoms with Gasteiger partial charge in [0, 0.05) is 14.0 Å². The van der Waals surface area contributed by atoms with Gasteiger partial charge < -0.3 is 0 Å². The lowest BCUT2D eigenvalue weighted by Gasteiger charge is -2.21. The Bertz CT molecular complexity index is 911. The fraction of sp³-hybridized carbons (Fsp3) is 0.429. The monoisotopic (exact) mass is 468 g/mol. The highest BCUT2D eigenvalue weighted by Crippen LogP contribution is 2.58. The number of thioether (sulfide) groups is 3. The van der Waals surface area contributed by atoms with Gasteiger partial charge in [-0.2, -0.15) is 0 Å². The number of aryl methyl sites for hydroxylation is 1. The van der Waals surface area contributed by atoms with Gasteiger partial charge in [-0.15, -0.1) is 0 Å². The van der Waals surface area contributed by atoms with Crippen LogP contribution >= 0.6 is 35.3 Å². The van der Waals surface area contributed by atoms with Gasteiger partial charge in [-0.25, -0.2) is 0 Å². The fourth-order valence-corrected chi connectivity index (χ4v) is 7.66. The first kappa shape index (κ1) is 24.6. The van der Waals surface area contributed by atoms with E-state index in [2.05, 4.69) is 89.7 Å². The second-order valence-corrected chi connectivity index (χ2v) is 12.8. The molecule has 2 atom stereocenters. The van der Waals surface area contributed by atoms with E-state index in [1.165, 1.54) is 54.2 Å². The minimum absolute atomic E-state index is 0.571. The van der Waals surface area contributed by atoms with Gasteiger partial charge in [-0.3, -0.25) is 0 Å². The molecule has 1 aliphatic heterocycles. The van der Waals surface area contributed by atoms with Crippen LogP contribution in [0.2, 0.25) is 0 Å². The van der Waals surface area contributed by atoms with Crippen molar-refractivity contribution < 1.29 is 0 Å². The molecule has 0 spiro atoms. The second-order valence-electron chi connectivity index (χ2n) is 8.98. The van der Waals surface area contributed by atoms with Crippen LogP contribution in [0.4, 0.5) is 0 Å². The summed E-state index contributed by atoms with van der Waals surface area (Å²) < 4.78 is 2.56. The van der Waals surface area contributed by atoms with E-state index in [4.69, 9.17) is 0 Å². The zero-order chi connectivity index (χ0) is 22.4. The Balaban J connectivity index is 2.00. The molecule has 0 nitrogen and oxygen atoms in total. The van der Waals surface area contributed by atoms with E-state index in [9.17, 15) is 0 Å². The lowest BCUT2D eigenvalue weighted by molar-refractivity contribution is 0.473. The lowest BCUT2D eigenvalue weighted by Crippen LogP contribution is -2.06. The molecule has 2 aromatic rings. The highest BCUT2D eigenvalue weighted by Gasteiger charge is 2.25. The standard InChI is InChI=1S/C28H36S3/c1-7-20(4)21(5)24-17-16-23(13-11-12-19(2)3)26(18-24)27-28(30-22(6)29-27)31-25-14-9-8-10-15-25/h8-10,14-21H,6-7,11-13H2,1-5H3. The molecule has 1 heterocycles. The number of hydrogen-bond acceptors (Lipinski definition) is 3. The molecule has 2 aromatic carbocycles. The first-order valence-corrected chi connectivity index (χ1v) is 14.0. The van der Waals surface area contributed by atoms with Gasteiger partial charge >= 0.3 is 0 Å². The van der Waals surface area contributed by atoms with Gasteiger partial charge in [-0.1, -0.05) is 126 Å². The summed E-state index contributed by atoms with van der Waals surface area (Å²) >= 11 is 5.58. The normalized spacial score (nSPS) is 16.3. The smallest absolute Gasteiger partial charge is 0.0649 e. The van der Waals surface area contributed by atoms with Crippen LogP contribution < -0.4 is 0 Å². The number of rotatable bonds is 10. The fourth-order valence-electron chi connectivity index (χ4n) is 3.84. The molecule has 0 bridgehead atoms. The van der Waals surface area contributed by atoms with Gasteiger partial charge in [0.15, 0.2) is 0 Å². The Morgan fingerprint density at radius 2 is 1.71 bits per heavy atom. The molecule has 2 unspecified atom stereocenters. The van der Waals surface area contributed by atoms with E-state index in [0.29, 0.717) is 11.8 Å². The van der Waals surface area contributed by atoms with Crippen molar-refractivity contribution in [2.75, 3.05) is 0 Å². The molecule has 0 N–H and O–H groups in total. The Morgan fingerprint density at radius 3 is 2.39 bits per heavy atom. The maximum Gasteiger partial charge on any atom is 0.0649 e. The third kappa shape index (κ3) is 6.73. The van der Waals surface area contributed by atoms with Crippen molar-refractivity contribution in [3.63, 3.8) is 0 Å². The van der Waals surface area contributed by atoms with Crippen molar-refractivity contribution >= 4 is 40.2 Å². The third-order valence-electron chi connectivity index (χ3n) is 6.19. The van der Waals surface area contributed by atoms with Crippen molar-refractivity contribution in [2.45, 2.75) is 71.1 Å². The summed E-state index contributed by atoms with van der Waals surface area (Å²) in [7, 11) is 0. The summed E-state index contributed by atoms with van der Waals surface area (Å²) in [4.78, 5) is 2.70. The van der Waals surface area contributed by atoms with Crippen molar-refractivity contribution in [1.29, 1.82) is 0 Å². The zero-order valence-corrected chi connectivity index (χ0v) is 22.1. The van der Waals surface area contributed by atoms with Gasteiger partial charge in [-0.05, 0) is 59.4 Å². The summed E-state index contributed by atoms with van der Waals surface area (Å²) in [5.74, 6) is 2.02. The van der Waals surface area contributed by atoms with Crippen LogP contribution in [0.1, 0.15) is 76.5 Å². The topological polar surface area (TPSA) is 0 Å². The van der Waals surface area contributed by atoms with E-state index < -0.39 is 0 Å². The summed E-state index contributed by atoms with van der Waals surface area (Å²) in [5, 5.41) is 0. The molecule has 1 aliphatic rings. The van der Waals surface area contributed by atoms with Crippen LogP contribution in [-0.2, 0) is 6.42 Å². The molecule has 0 aromatic heterocycles. The highest BCUT2D eigenvalue weighted by molar-refractivity contribution is 8.38. The molecule has 0 saturated carbocycles. The maximum atomic E-state index is 4.31. The predicted molar refractivity (Wildman–Crippen MR) is 146 cm³/mol. The number of hydrogen-bond donors (Lipinski definition) is 0. The molecule has 0 radical (unpaired) electrons. The molecule has 0 fully saturated rings. The van der Waals surface area contributed by atoms with E-state index in [0.717, 1.165) is 12.3 Å². The largest absolute Gasteiger partial charge is 0.0815 e. The third-order valence-corrected chi connectivity index (χ3v) is 9.82. The van der Waals surface area contributed by atoms with E-state index in [1.807, 2.05) is 35.3 Å². The van der Waals surface area contributed by atoms with E-state index in [1.54, 1.807) is 0 Å². The lowest BCUT2D eigenvalue weighted by atomic mass is 9.85. The first-order valence-electron chi connectivity index (χ1n) is 11.5.